The molecule has 7 nitrogen and oxygen atoms in total. The lowest BCUT2D eigenvalue weighted by Crippen LogP contribution is -2.25. The molecule has 0 spiro atoms. The first-order valence-electron chi connectivity index (χ1n) is 7.96. The van der Waals surface area contributed by atoms with Crippen molar-refractivity contribution in [2.24, 2.45) is 0 Å². The molecular weight excluding hydrogens is 336 g/mol. The molecule has 2 N–H and O–H groups in total. The van der Waals surface area contributed by atoms with E-state index < -0.39 is 5.97 Å². The minimum atomic E-state index is -0.459. The number of benzene rings is 2. The molecule has 0 unspecified atom stereocenters. The molecule has 134 valence electrons. The van der Waals surface area contributed by atoms with Gasteiger partial charge >= 0.3 is 5.97 Å². The maximum absolute atomic E-state index is 12.5. The van der Waals surface area contributed by atoms with E-state index in [2.05, 4.69) is 10.6 Å². The van der Waals surface area contributed by atoms with Crippen LogP contribution in [0.4, 0.5) is 11.4 Å². The van der Waals surface area contributed by atoms with Crippen LogP contribution >= 0.6 is 0 Å². The fraction of sp³-hybridized carbons (Fsp3) is 0.211. The second-order valence-electron chi connectivity index (χ2n) is 5.96. The highest BCUT2D eigenvalue weighted by molar-refractivity contribution is 6.06. The van der Waals surface area contributed by atoms with Gasteiger partial charge in [0, 0.05) is 11.3 Å². The van der Waals surface area contributed by atoms with Gasteiger partial charge in [0.1, 0.15) is 5.75 Å². The zero-order chi connectivity index (χ0) is 18.8. The van der Waals surface area contributed by atoms with Gasteiger partial charge in [0.2, 0.25) is 0 Å². The third kappa shape index (κ3) is 3.37. The Labute approximate surface area is 150 Å². The van der Waals surface area contributed by atoms with Gasteiger partial charge in [-0.3, -0.25) is 9.59 Å². The lowest BCUT2D eigenvalue weighted by Gasteiger charge is -2.18. The van der Waals surface area contributed by atoms with Crippen LogP contribution in [0, 0.1) is 13.8 Å². The SMILES string of the molecule is COC(=O)c1cc(NC(=O)c2ccc3c(c2)OCC(=O)N3)cc(C)c1C. The van der Waals surface area contributed by atoms with E-state index in [0.29, 0.717) is 28.3 Å². The summed E-state index contributed by atoms with van der Waals surface area (Å²) in [5.74, 6) is -0.611. The van der Waals surface area contributed by atoms with E-state index in [1.165, 1.54) is 7.11 Å². The van der Waals surface area contributed by atoms with Crippen LogP contribution in [0.2, 0.25) is 0 Å². The molecule has 0 atom stereocenters. The number of nitrogens with one attached hydrogen (secondary N) is 2. The summed E-state index contributed by atoms with van der Waals surface area (Å²) in [5.41, 5.74) is 3.45. The third-order valence-corrected chi connectivity index (χ3v) is 4.21. The maximum Gasteiger partial charge on any atom is 0.338 e. The highest BCUT2D eigenvalue weighted by atomic mass is 16.5. The Balaban J connectivity index is 1.85. The van der Waals surface area contributed by atoms with Crippen molar-refractivity contribution in [2.45, 2.75) is 13.8 Å². The molecule has 0 fully saturated rings. The minimum Gasteiger partial charge on any atom is -0.482 e. The molecule has 2 aromatic carbocycles. The lowest BCUT2D eigenvalue weighted by molar-refractivity contribution is -0.118. The Morgan fingerprint density at radius 2 is 1.96 bits per heavy atom. The quantitative estimate of drug-likeness (QED) is 0.827. The number of amides is 2. The summed E-state index contributed by atoms with van der Waals surface area (Å²) in [4.78, 5) is 35.7. The first kappa shape index (κ1) is 17.5. The van der Waals surface area contributed by atoms with Crippen LogP contribution in [-0.4, -0.2) is 31.5 Å². The molecule has 26 heavy (non-hydrogen) atoms. The van der Waals surface area contributed by atoms with Crippen molar-refractivity contribution in [3.05, 3.63) is 52.6 Å². The number of esters is 1. The monoisotopic (exact) mass is 354 g/mol. The van der Waals surface area contributed by atoms with E-state index in [1.807, 2.05) is 13.8 Å². The number of hydrogen-bond acceptors (Lipinski definition) is 5. The highest BCUT2D eigenvalue weighted by Gasteiger charge is 2.19. The van der Waals surface area contributed by atoms with Crippen LogP contribution in [0.1, 0.15) is 31.8 Å². The number of methoxy groups -OCH3 is 1. The smallest absolute Gasteiger partial charge is 0.338 e. The second-order valence-corrected chi connectivity index (χ2v) is 5.96. The van der Waals surface area contributed by atoms with Crippen LogP contribution in [0.3, 0.4) is 0 Å². The van der Waals surface area contributed by atoms with Crippen LogP contribution in [0.5, 0.6) is 5.75 Å². The molecule has 0 saturated carbocycles. The normalized spacial score (nSPS) is 12.5. The van der Waals surface area contributed by atoms with Gasteiger partial charge in [0.15, 0.2) is 6.61 Å². The van der Waals surface area contributed by atoms with Crippen molar-refractivity contribution >= 4 is 29.2 Å². The van der Waals surface area contributed by atoms with Crippen LogP contribution in [-0.2, 0) is 9.53 Å². The summed E-state index contributed by atoms with van der Waals surface area (Å²) < 4.78 is 10.1. The number of ether oxygens (including phenoxy) is 2. The summed E-state index contributed by atoms with van der Waals surface area (Å²) in [6.45, 7) is 3.59. The average Bonchev–Trinajstić information content (AvgIpc) is 2.63. The Bertz CT molecular complexity index is 920. The molecule has 0 saturated heterocycles. The Morgan fingerprint density at radius 1 is 1.19 bits per heavy atom. The predicted molar refractivity (Wildman–Crippen MR) is 95.8 cm³/mol. The van der Waals surface area contributed by atoms with Crippen molar-refractivity contribution in [1.29, 1.82) is 0 Å². The van der Waals surface area contributed by atoms with Crippen molar-refractivity contribution < 1.29 is 23.9 Å². The molecular formula is C19H18N2O5. The minimum absolute atomic E-state index is 0.0856. The zero-order valence-electron chi connectivity index (χ0n) is 14.6. The number of aryl methyl sites for hydroxylation is 1. The number of hydrogen-bond donors (Lipinski definition) is 2. The molecule has 1 aliphatic heterocycles. The number of carbonyl (C=O) groups is 3. The van der Waals surface area contributed by atoms with Crippen molar-refractivity contribution in [3.63, 3.8) is 0 Å². The van der Waals surface area contributed by atoms with Crippen LogP contribution < -0.4 is 15.4 Å². The van der Waals surface area contributed by atoms with E-state index >= 15 is 0 Å². The molecule has 0 aromatic heterocycles. The van der Waals surface area contributed by atoms with E-state index in [0.717, 1.165) is 11.1 Å². The summed E-state index contributed by atoms with van der Waals surface area (Å²) in [7, 11) is 1.31. The molecule has 7 heteroatoms. The molecule has 2 aromatic rings. The predicted octanol–water partition coefficient (Wildman–Crippen LogP) is 2.67. The molecule has 2 amide bonds. The van der Waals surface area contributed by atoms with E-state index in [-0.39, 0.29) is 18.4 Å². The molecule has 1 heterocycles. The Hall–Kier alpha value is -3.35. The number of carbonyl (C=O) groups excluding carboxylic acids is 3. The topological polar surface area (TPSA) is 93.7 Å². The largest absolute Gasteiger partial charge is 0.482 e. The fourth-order valence-electron chi connectivity index (χ4n) is 2.67. The highest BCUT2D eigenvalue weighted by Crippen LogP contribution is 2.29. The Kier molecular flexibility index (Phi) is 4.62. The summed E-state index contributed by atoms with van der Waals surface area (Å²) in [6, 6.07) is 8.13. The van der Waals surface area contributed by atoms with Gasteiger partial charge in [0.25, 0.3) is 11.8 Å². The van der Waals surface area contributed by atoms with Crippen LogP contribution in [0.15, 0.2) is 30.3 Å². The number of fused-ring (bicyclic) bond motifs is 1. The molecule has 0 bridgehead atoms. The number of rotatable bonds is 3. The summed E-state index contributed by atoms with van der Waals surface area (Å²) in [6.07, 6.45) is 0. The lowest BCUT2D eigenvalue weighted by atomic mass is 10.0. The number of anilines is 2. The van der Waals surface area contributed by atoms with Crippen molar-refractivity contribution in [2.75, 3.05) is 24.4 Å². The van der Waals surface area contributed by atoms with Gasteiger partial charge in [-0.25, -0.2) is 4.79 Å². The van der Waals surface area contributed by atoms with Gasteiger partial charge in [-0.1, -0.05) is 0 Å². The molecule has 0 aliphatic carbocycles. The van der Waals surface area contributed by atoms with Gasteiger partial charge in [0.05, 0.1) is 18.4 Å². The standard InChI is InChI=1S/C19H18N2O5/c1-10-6-13(8-14(11(10)2)19(24)25-3)20-18(23)12-4-5-15-16(7-12)26-9-17(22)21-15/h4-8H,9H2,1-3H3,(H,20,23)(H,21,22). The zero-order valence-corrected chi connectivity index (χ0v) is 14.6. The maximum atomic E-state index is 12.5. The van der Waals surface area contributed by atoms with E-state index in [9.17, 15) is 14.4 Å². The van der Waals surface area contributed by atoms with Gasteiger partial charge in [-0.05, 0) is 55.3 Å². The first-order valence-corrected chi connectivity index (χ1v) is 7.96. The van der Waals surface area contributed by atoms with E-state index in [4.69, 9.17) is 9.47 Å². The fourth-order valence-corrected chi connectivity index (χ4v) is 2.67. The van der Waals surface area contributed by atoms with Gasteiger partial charge in [-0.15, -0.1) is 0 Å². The average molecular weight is 354 g/mol. The van der Waals surface area contributed by atoms with Gasteiger partial charge < -0.3 is 20.1 Å². The molecule has 0 radical (unpaired) electrons. The van der Waals surface area contributed by atoms with Gasteiger partial charge in [-0.2, -0.15) is 0 Å². The third-order valence-electron chi connectivity index (χ3n) is 4.21. The van der Waals surface area contributed by atoms with Crippen molar-refractivity contribution in [1.82, 2.24) is 0 Å². The Morgan fingerprint density at radius 3 is 2.69 bits per heavy atom. The van der Waals surface area contributed by atoms with Crippen molar-refractivity contribution in [3.8, 4) is 5.75 Å². The second kappa shape index (κ2) is 6.87. The molecule has 1 aliphatic rings. The first-order chi connectivity index (χ1) is 12.4. The van der Waals surface area contributed by atoms with E-state index in [1.54, 1.807) is 30.3 Å². The van der Waals surface area contributed by atoms with Crippen LogP contribution in [0.25, 0.3) is 0 Å². The molecule has 3 rings (SSSR count). The summed E-state index contributed by atoms with van der Waals surface area (Å²) >= 11 is 0. The summed E-state index contributed by atoms with van der Waals surface area (Å²) in [5, 5.41) is 5.44.